The summed E-state index contributed by atoms with van der Waals surface area (Å²) in [5, 5.41) is 20.0. The van der Waals surface area contributed by atoms with Crippen LogP contribution in [0.5, 0.6) is 5.75 Å². The molecule has 0 spiro atoms. The van der Waals surface area contributed by atoms with Crippen LogP contribution >= 0.6 is 0 Å². The lowest BCUT2D eigenvalue weighted by Gasteiger charge is -1.83. The monoisotopic (exact) mass is 209 g/mol. The number of rotatable bonds is 1. The molecule has 2 aromatic rings. The van der Waals surface area contributed by atoms with Gasteiger partial charge in [0.2, 0.25) is 5.75 Å². The fourth-order valence-electron chi connectivity index (χ4n) is 1.14. The highest BCUT2D eigenvalue weighted by atomic mass is 16.7. The van der Waals surface area contributed by atoms with Crippen LogP contribution in [-0.4, -0.2) is 10.0 Å². The van der Waals surface area contributed by atoms with Crippen molar-refractivity contribution in [1.82, 2.24) is 0 Å². The number of para-hydroxylation sites is 1. The molecule has 5 heteroatoms. The van der Waals surface area contributed by atoms with Crippen LogP contribution in [0.3, 0.4) is 0 Å². The first kappa shape index (κ1) is 11.0. The van der Waals surface area contributed by atoms with E-state index in [1.807, 2.05) is 13.8 Å². The van der Waals surface area contributed by atoms with E-state index < -0.39 is 16.6 Å². The molecule has 0 fully saturated rings. The van der Waals surface area contributed by atoms with E-state index in [0.717, 1.165) is 0 Å². The van der Waals surface area contributed by atoms with Crippen molar-refractivity contribution in [2.75, 3.05) is 0 Å². The van der Waals surface area contributed by atoms with Crippen molar-refractivity contribution < 1.29 is 14.4 Å². The Hall–Kier alpha value is -2.04. The van der Waals surface area contributed by atoms with Crippen molar-refractivity contribution in [3.05, 3.63) is 34.4 Å². The van der Waals surface area contributed by atoms with Crippen LogP contribution in [0.1, 0.15) is 13.8 Å². The lowest BCUT2D eigenvalue weighted by Crippen LogP contribution is -1.83. The van der Waals surface area contributed by atoms with Crippen LogP contribution in [0, 0.1) is 10.1 Å². The zero-order chi connectivity index (χ0) is 11.4. The number of nitrogens with zero attached hydrogens (tertiary/aromatic N) is 1. The van der Waals surface area contributed by atoms with Gasteiger partial charge in [-0.3, -0.25) is 10.1 Å². The van der Waals surface area contributed by atoms with Crippen LogP contribution < -0.4 is 0 Å². The number of hydrogen-bond acceptors (Lipinski definition) is 4. The van der Waals surface area contributed by atoms with Crippen molar-refractivity contribution in [3.8, 4) is 5.75 Å². The Kier molecular flexibility index (Phi) is 3.28. The number of hydrogen-bond donors (Lipinski definition) is 1. The van der Waals surface area contributed by atoms with E-state index >= 15 is 0 Å². The van der Waals surface area contributed by atoms with Gasteiger partial charge in [-0.15, -0.1) is 0 Å². The number of benzene rings is 1. The molecule has 0 aliphatic carbocycles. The molecule has 0 aliphatic rings. The summed E-state index contributed by atoms with van der Waals surface area (Å²) in [5.74, 6) is -1.03. The van der Waals surface area contributed by atoms with Crippen molar-refractivity contribution in [3.63, 3.8) is 0 Å². The summed E-state index contributed by atoms with van der Waals surface area (Å²) in [5.41, 5.74) is 0.312. The minimum Gasteiger partial charge on any atom is -0.499 e. The van der Waals surface area contributed by atoms with Crippen LogP contribution in [0.15, 0.2) is 28.7 Å². The van der Waals surface area contributed by atoms with Gasteiger partial charge in [-0.2, -0.15) is 0 Å². The quantitative estimate of drug-likeness (QED) is 0.578. The summed E-state index contributed by atoms with van der Waals surface area (Å²) in [4.78, 5) is 9.59. The summed E-state index contributed by atoms with van der Waals surface area (Å²) in [7, 11) is 0. The van der Waals surface area contributed by atoms with Gasteiger partial charge in [-0.1, -0.05) is 26.0 Å². The molecule has 1 heterocycles. The topological polar surface area (TPSA) is 76.5 Å². The molecule has 2 rings (SSSR count). The van der Waals surface area contributed by atoms with Crippen molar-refractivity contribution in [1.29, 1.82) is 0 Å². The second kappa shape index (κ2) is 4.45. The second-order valence-electron chi connectivity index (χ2n) is 2.51. The van der Waals surface area contributed by atoms with Crippen LogP contribution in [0.4, 0.5) is 5.88 Å². The molecule has 15 heavy (non-hydrogen) atoms. The molecular formula is C10H11NO4. The average Bonchev–Trinajstić information content (AvgIpc) is 2.60. The largest absolute Gasteiger partial charge is 0.499 e. The van der Waals surface area contributed by atoms with E-state index in [9.17, 15) is 15.2 Å². The molecule has 5 nitrogen and oxygen atoms in total. The average molecular weight is 209 g/mol. The van der Waals surface area contributed by atoms with E-state index in [1.165, 1.54) is 0 Å². The minimum atomic E-state index is -0.755. The molecule has 0 saturated heterocycles. The molecule has 0 atom stereocenters. The first-order valence-electron chi connectivity index (χ1n) is 4.55. The van der Waals surface area contributed by atoms with E-state index in [2.05, 4.69) is 0 Å². The fraction of sp³-hybridized carbons (Fsp3) is 0.200. The van der Waals surface area contributed by atoms with Gasteiger partial charge in [0.25, 0.3) is 0 Å². The first-order valence-corrected chi connectivity index (χ1v) is 4.55. The van der Waals surface area contributed by atoms with Gasteiger partial charge < -0.3 is 9.52 Å². The molecule has 0 aliphatic heterocycles. The molecule has 0 saturated carbocycles. The minimum absolute atomic E-state index is 0.312. The molecule has 0 unspecified atom stereocenters. The standard InChI is InChI=1S/C8H5NO4.C2H6/c10-7-5-3-1-2-4-6(5)13-8(7)9(11)12;1-2/h1-4,10H;1-2H3. The van der Waals surface area contributed by atoms with Gasteiger partial charge in [0.1, 0.15) is 10.5 Å². The summed E-state index contributed by atoms with van der Waals surface area (Å²) in [6.07, 6.45) is 0. The van der Waals surface area contributed by atoms with Crippen LogP contribution in [0.25, 0.3) is 11.0 Å². The van der Waals surface area contributed by atoms with Gasteiger partial charge >= 0.3 is 5.88 Å². The highest BCUT2D eigenvalue weighted by Crippen LogP contribution is 2.36. The van der Waals surface area contributed by atoms with Gasteiger partial charge in [0, 0.05) is 0 Å². The van der Waals surface area contributed by atoms with Crippen LogP contribution in [0.2, 0.25) is 0 Å². The molecule has 1 N–H and O–H groups in total. The third kappa shape index (κ3) is 1.90. The predicted molar refractivity (Wildman–Crippen MR) is 55.9 cm³/mol. The number of furan rings is 1. The Bertz CT molecular complexity index is 475. The maximum atomic E-state index is 10.3. The molecule has 0 amide bonds. The Morgan fingerprint density at radius 3 is 2.47 bits per heavy atom. The first-order chi connectivity index (χ1) is 7.20. The molecule has 80 valence electrons. The summed E-state index contributed by atoms with van der Waals surface area (Å²) in [6.45, 7) is 4.00. The number of aromatic hydroxyl groups is 1. The van der Waals surface area contributed by atoms with E-state index in [4.69, 9.17) is 4.42 Å². The van der Waals surface area contributed by atoms with Crippen molar-refractivity contribution in [2.45, 2.75) is 13.8 Å². The van der Waals surface area contributed by atoms with Gasteiger partial charge in [0.15, 0.2) is 0 Å². The lowest BCUT2D eigenvalue weighted by molar-refractivity contribution is -0.402. The fourth-order valence-corrected chi connectivity index (χ4v) is 1.14. The summed E-state index contributed by atoms with van der Waals surface area (Å²) < 4.78 is 4.81. The Balaban J connectivity index is 0.000000531. The highest BCUT2D eigenvalue weighted by molar-refractivity contribution is 5.87. The van der Waals surface area contributed by atoms with Gasteiger partial charge in [-0.25, -0.2) is 0 Å². The highest BCUT2D eigenvalue weighted by Gasteiger charge is 2.22. The molecular weight excluding hydrogens is 198 g/mol. The Morgan fingerprint density at radius 2 is 1.93 bits per heavy atom. The SMILES string of the molecule is CC.O=[N+]([O-])c1oc2ccccc2c1O. The normalized spacial score (nSPS) is 9.47. The van der Waals surface area contributed by atoms with Gasteiger partial charge in [0.05, 0.1) is 5.39 Å². The van der Waals surface area contributed by atoms with Crippen molar-refractivity contribution in [2.24, 2.45) is 0 Å². The Morgan fingerprint density at radius 1 is 1.33 bits per heavy atom. The predicted octanol–water partition coefficient (Wildman–Crippen LogP) is 3.07. The zero-order valence-corrected chi connectivity index (χ0v) is 8.43. The third-order valence-corrected chi connectivity index (χ3v) is 1.72. The van der Waals surface area contributed by atoms with E-state index in [-0.39, 0.29) is 0 Å². The Labute approximate surface area is 86.1 Å². The van der Waals surface area contributed by atoms with E-state index in [1.54, 1.807) is 24.3 Å². The number of fused-ring (bicyclic) bond motifs is 1. The smallest absolute Gasteiger partial charge is 0.476 e. The van der Waals surface area contributed by atoms with Crippen LogP contribution in [-0.2, 0) is 0 Å². The third-order valence-electron chi connectivity index (χ3n) is 1.72. The lowest BCUT2D eigenvalue weighted by atomic mass is 10.2. The van der Waals surface area contributed by atoms with E-state index in [0.29, 0.717) is 11.0 Å². The molecule has 1 aromatic heterocycles. The summed E-state index contributed by atoms with van der Waals surface area (Å²) in [6, 6.07) is 6.46. The maximum Gasteiger partial charge on any atom is 0.476 e. The van der Waals surface area contributed by atoms with Gasteiger partial charge in [-0.05, 0) is 12.1 Å². The number of nitro groups is 1. The zero-order valence-electron chi connectivity index (χ0n) is 8.43. The summed E-state index contributed by atoms with van der Waals surface area (Å²) >= 11 is 0. The maximum absolute atomic E-state index is 10.3. The molecule has 0 bridgehead atoms. The molecule has 1 aromatic carbocycles. The second-order valence-corrected chi connectivity index (χ2v) is 2.51. The van der Waals surface area contributed by atoms with Crippen molar-refractivity contribution >= 4 is 16.9 Å². The molecule has 0 radical (unpaired) electrons.